The van der Waals surface area contributed by atoms with Crippen LogP contribution in [0.25, 0.3) is 0 Å². The van der Waals surface area contributed by atoms with Crippen molar-refractivity contribution in [2.75, 3.05) is 6.54 Å². The highest BCUT2D eigenvalue weighted by molar-refractivity contribution is 5.76. The van der Waals surface area contributed by atoms with Gasteiger partial charge in [0.15, 0.2) is 0 Å². The first-order chi connectivity index (χ1) is 6.16. The van der Waals surface area contributed by atoms with E-state index in [1.807, 2.05) is 0 Å². The number of amides is 1. The van der Waals surface area contributed by atoms with Gasteiger partial charge < -0.3 is 11.1 Å². The van der Waals surface area contributed by atoms with Gasteiger partial charge in [-0.25, -0.2) is 0 Å². The van der Waals surface area contributed by atoms with Crippen LogP contribution in [0.2, 0.25) is 0 Å². The molecule has 0 aromatic rings. The Morgan fingerprint density at radius 2 is 2.00 bits per heavy atom. The standard InChI is InChI=1S/C10H20N2O/c1-10(6-3-2-4-7-10)12-9(13)5-8-11/h2-8,11H2,1H3,(H,12,13). The van der Waals surface area contributed by atoms with E-state index >= 15 is 0 Å². The molecule has 0 spiro atoms. The van der Waals surface area contributed by atoms with Gasteiger partial charge in [-0.3, -0.25) is 4.79 Å². The van der Waals surface area contributed by atoms with Crippen molar-refractivity contribution in [2.45, 2.75) is 51.0 Å². The zero-order valence-corrected chi connectivity index (χ0v) is 8.44. The van der Waals surface area contributed by atoms with Crippen LogP contribution >= 0.6 is 0 Å². The molecule has 1 rings (SSSR count). The largest absolute Gasteiger partial charge is 0.351 e. The normalized spacial score (nSPS) is 21.1. The summed E-state index contributed by atoms with van der Waals surface area (Å²) in [5, 5.41) is 3.08. The van der Waals surface area contributed by atoms with E-state index < -0.39 is 0 Å². The predicted octanol–water partition coefficient (Wildman–Crippen LogP) is 1.17. The zero-order chi connectivity index (χ0) is 9.73. The Morgan fingerprint density at radius 3 is 2.54 bits per heavy atom. The molecule has 1 saturated carbocycles. The zero-order valence-electron chi connectivity index (χ0n) is 8.44. The van der Waals surface area contributed by atoms with Gasteiger partial charge >= 0.3 is 0 Å². The lowest BCUT2D eigenvalue weighted by Crippen LogP contribution is -2.47. The fourth-order valence-electron chi connectivity index (χ4n) is 1.99. The maximum atomic E-state index is 11.3. The Morgan fingerprint density at radius 1 is 1.38 bits per heavy atom. The van der Waals surface area contributed by atoms with Gasteiger partial charge in [0.05, 0.1) is 0 Å². The summed E-state index contributed by atoms with van der Waals surface area (Å²) in [6.07, 6.45) is 6.46. The van der Waals surface area contributed by atoms with Crippen LogP contribution in [0, 0.1) is 0 Å². The van der Waals surface area contributed by atoms with Crippen molar-refractivity contribution in [1.82, 2.24) is 5.32 Å². The number of hydrogen-bond acceptors (Lipinski definition) is 2. The third-order valence-corrected chi connectivity index (χ3v) is 2.77. The Hall–Kier alpha value is -0.570. The maximum absolute atomic E-state index is 11.3. The fourth-order valence-corrected chi connectivity index (χ4v) is 1.99. The molecular formula is C10H20N2O. The third-order valence-electron chi connectivity index (χ3n) is 2.77. The summed E-state index contributed by atoms with van der Waals surface area (Å²) in [6.45, 7) is 2.59. The summed E-state index contributed by atoms with van der Waals surface area (Å²) in [7, 11) is 0. The van der Waals surface area contributed by atoms with Crippen molar-refractivity contribution in [3.63, 3.8) is 0 Å². The number of rotatable bonds is 3. The highest BCUT2D eigenvalue weighted by Gasteiger charge is 2.27. The van der Waals surface area contributed by atoms with E-state index in [1.54, 1.807) is 0 Å². The number of nitrogens with two attached hydrogens (primary N) is 1. The maximum Gasteiger partial charge on any atom is 0.221 e. The molecule has 0 aromatic carbocycles. The van der Waals surface area contributed by atoms with Gasteiger partial charge in [-0.1, -0.05) is 19.3 Å². The van der Waals surface area contributed by atoms with Gasteiger partial charge in [0.1, 0.15) is 0 Å². The highest BCUT2D eigenvalue weighted by Crippen LogP contribution is 2.27. The summed E-state index contributed by atoms with van der Waals surface area (Å²) in [5.41, 5.74) is 5.36. The lowest BCUT2D eigenvalue weighted by atomic mass is 9.83. The minimum Gasteiger partial charge on any atom is -0.351 e. The molecule has 3 nitrogen and oxygen atoms in total. The van der Waals surface area contributed by atoms with Crippen LogP contribution in [0.1, 0.15) is 45.4 Å². The van der Waals surface area contributed by atoms with Gasteiger partial charge in [-0.2, -0.15) is 0 Å². The quantitative estimate of drug-likeness (QED) is 0.692. The van der Waals surface area contributed by atoms with Gasteiger partial charge in [0.25, 0.3) is 0 Å². The molecule has 0 aliphatic heterocycles. The molecule has 0 unspecified atom stereocenters. The van der Waals surface area contributed by atoms with Crippen molar-refractivity contribution in [3.8, 4) is 0 Å². The van der Waals surface area contributed by atoms with Crippen molar-refractivity contribution in [2.24, 2.45) is 5.73 Å². The second-order valence-electron chi connectivity index (χ2n) is 4.21. The van der Waals surface area contributed by atoms with Crippen LogP contribution in [-0.2, 0) is 4.79 Å². The van der Waals surface area contributed by atoms with Crippen LogP contribution in [0.4, 0.5) is 0 Å². The molecule has 13 heavy (non-hydrogen) atoms. The first kappa shape index (κ1) is 10.5. The molecule has 0 radical (unpaired) electrons. The molecule has 0 atom stereocenters. The third kappa shape index (κ3) is 3.35. The van der Waals surface area contributed by atoms with Crippen LogP contribution in [0.5, 0.6) is 0 Å². The Bertz CT molecular complexity index is 174. The van der Waals surface area contributed by atoms with Crippen molar-refractivity contribution >= 4 is 5.91 Å². The lowest BCUT2D eigenvalue weighted by Gasteiger charge is -2.34. The summed E-state index contributed by atoms with van der Waals surface area (Å²) >= 11 is 0. The second kappa shape index (κ2) is 4.61. The van der Waals surface area contributed by atoms with E-state index in [0.29, 0.717) is 13.0 Å². The molecule has 0 bridgehead atoms. The second-order valence-corrected chi connectivity index (χ2v) is 4.21. The van der Waals surface area contributed by atoms with E-state index in [2.05, 4.69) is 12.2 Å². The molecule has 1 aliphatic rings. The molecule has 76 valence electrons. The Balaban J connectivity index is 2.36. The molecule has 1 fully saturated rings. The fraction of sp³-hybridized carbons (Fsp3) is 0.900. The lowest BCUT2D eigenvalue weighted by molar-refractivity contribution is -0.123. The number of hydrogen-bond donors (Lipinski definition) is 2. The summed E-state index contributed by atoms with van der Waals surface area (Å²) < 4.78 is 0. The summed E-state index contributed by atoms with van der Waals surface area (Å²) in [4.78, 5) is 11.3. The van der Waals surface area contributed by atoms with E-state index in [1.165, 1.54) is 19.3 Å². The van der Waals surface area contributed by atoms with Gasteiger partial charge in [-0.05, 0) is 19.8 Å². The topological polar surface area (TPSA) is 55.1 Å². The molecule has 3 N–H and O–H groups in total. The van der Waals surface area contributed by atoms with E-state index in [-0.39, 0.29) is 11.4 Å². The summed E-state index contributed by atoms with van der Waals surface area (Å²) in [5.74, 6) is 0.104. The average Bonchev–Trinajstić information content (AvgIpc) is 2.04. The van der Waals surface area contributed by atoms with E-state index in [0.717, 1.165) is 12.8 Å². The van der Waals surface area contributed by atoms with E-state index in [4.69, 9.17) is 5.73 Å². The van der Waals surface area contributed by atoms with Crippen LogP contribution in [-0.4, -0.2) is 18.0 Å². The van der Waals surface area contributed by atoms with Crippen molar-refractivity contribution in [1.29, 1.82) is 0 Å². The Kier molecular flexibility index (Phi) is 3.72. The van der Waals surface area contributed by atoms with Crippen molar-refractivity contribution < 1.29 is 4.79 Å². The van der Waals surface area contributed by atoms with Crippen LogP contribution in [0.3, 0.4) is 0 Å². The number of nitrogens with one attached hydrogen (secondary N) is 1. The highest BCUT2D eigenvalue weighted by atomic mass is 16.1. The van der Waals surface area contributed by atoms with Gasteiger partial charge in [0, 0.05) is 18.5 Å². The SMILES string of the molecule is CC1(NC(=O)CCN)CCCCC1. The number of carbonyl (C=O) groups excluding carboxylic acids is 1. The van der Waals surface area contributed by atoms with E-state index in [9.17, 15) is 4.79 Å². The average molecular weight is 184 g/mol. The first-order valence-corrected chi connectivity index (χ1v) is 5.17. The van der Waals surface area contributed by atoms with Crippen molar-refractivity contribution in [3.05, 3.63) is 0 Å². The molecule has 1 amide bonds. The smallest absolute Gasteiger partial charge is 0.221 e. The minimum absolute atomic E-state index is 0.0461. The predicted molar refractivity (Wildman–Crippen MR) is 53.3 cm³/mol. The molecule has 1 aliphatic carbocycles. The van der Waals surface area contributed by atoms with Gasteiger partial charge in [-0.15, -0.1) is 0 Å². The van der Waals surface area contributed by atoms with Crippen LogP contribution in [0.15, 0.2) is 0 Å². The molecule has 0 heterocycles. The molecular weight excluding hydrogens is 164 g/mol. The number of carbonyl (C=O) groups is 1. The molecule has 0 saturated heterocycles. The minimum atomic E-state index is 0.0461. The Labute approximate surface area is 80.1 Å². The van der Waals surface area contributed by atoms with Gasteiger partial charge in [0.2, 0.25) is 5.91 Å². The van der Waals surface area contributed by atoms with Crippen LogP contribution < -0.4 is 11.1 Å². The monoisotopic (exact) mass is 184 g/mol. The molecule has 3 heteroatoms. The summed E-state index contributed by atoms with van der Waals surface area (Å²) in [6, 6.07) is 0. The molecule has 0 aromatic heterocycles. The first-order valence-electron chi connectivity index (χ1n) is 5.17.